The van der Waals surface area contributed by atoms with Gasteiger partial charge in [0.1, 0.15) is 0 Å². The largest absolute Gasteiger partial charge is 0.493 e. The monoisotopic (exact) mass is 361 g/mol. The maximum atomic E-state index is 11.9. The molecule has 0 unspecified atom stereocenters. The van der Waals surface area contributed by atoms with Gasteiger partial charge in [-0.15, -0.1) is 0 Å². The maximum absolute atomic E-state index is 11.9. The normalized spacial score (nSPS) is 10.5. The van der Waals surface area contributed by atoms with Crippen LogP contribution in [-0.4, -0.2) is 20.1 Å². The molecule has 0 atom stereocenters. The van der Waals surface area contributed by atoms with E-state index in [0.717, 1.165) is 10.0 Å². The van der Waals surface area contributed by atoms with Crippen molar-refractivity contribution in [1.82, 2.24) is 0 Å². The molecule has 5 heteroatoms. The van der Waals surface area contributed by atoms with Crippen molar-refractivity contribution < 1.29 is 14.3 Å². The first-order valence-electron chi connectivity index (χ1n) is 6.59. The van der Waals surface area contributed by atoms with Gasteiger partial charge >= 0.3 is 0 Å². The molecule has 22 heavy (non-hydrogen) atoms. The second kappa shape index (κ2) is 7.66. The van der Waals surface area contributed by atoms with Crippen LogP contribution in [0.25, 0.3) is 6.08 Å². The number of halogens is 1. The number of nitrogens with one attached hydrogen (secondary N) is 1. The Morgan fingerprint density at radius 3 is 2.55 bits per heavy atom. The third-order valence-electron chi connectivity index (χ3n) is 2.93. The topological polar surface area (TPSA) is 47.6 Å². The Morgan fingerprint density at radius 2 is 1.86 bits per heavy atom. The Balaban J connectivity index is 2.06. The lowest BCUT2D eigenvalue weighted by molar-refractivity contribution is -0.111. The predicted octanol–water partition coefficient (Wildman–Crippen LogP) is 4.12. The van der Waals surface area contributed by atoms with E-state index in [1.54, 1.807) is 38.5 Å². The molecular weight excluding hydrogens is 346 g/mol. The molecule has 0 fully saturated rings. The first kappa shape index (κ1) is 16.1. The summed E-state index contributed by atoms with van der Waals surface area (Å²) in [7, 11) is 3.12. The molecule has 0 saturated heterocycles. The number of rotatable bonds is 5. The number of hydrogen-bond donors (Lipinski definition) is 1. The minimum absolute atomic E-state index is 0.216. The second-order valence-electron chi connectivity index (χ2n) is 4.45. The number of carbonyl (C=O) groups is 1. The molecule has 2 aromatic rings. The molecule has 2 rings (SSSR count). The van der Waals surface area contributed by atoms with Crippen LogP contribution in [-0.2, 0) is 4.79 Å². The summed E-state index contributed by atoms with van der Waals surface area (Å²) >= 11 is 3.39. The van der Waals surface area contributed by atoms with Crippen LogP contribution < -0.4 is 14.8 Å². The average molecular weight is 362 g/mol. The first-order chi connectivity index (χ1) is 10.6. The third kappa shape index (κ3) is 4.36. The Hall–Kier alpha value is -2.27. The average Bonchev–Trinajstić information content (AvgIpc) is 2.53. The number of anilines is 1. The van der Waals surface area contributed by atoms with Crippen LogP contribution in [0.2, 0.25) is 0 Å². The van der Waals surface area contributed by atoms with E-state index < -0.39 is 0 Å². The summed E-state index contributed by atoms with van der Waals surface area (Å²) in [6.45, 7) is 0. The SMILES string of the molecule is COc1ccc(NC(=O)/C=C/c2cccc(Br)c2)cc1OC. The van der Waals surface area contributed by atoms with Gasteiger partial charge in [0.15, 0.2) is 11.5 Å². The lowest BCUT2D eigenvalue weighted by Crippen LogP contribution is -2.07. The molecule has 0 aliphatic carbocycles. The molecule has 0 saturated carbocycles. The molecular formula is C17H16BrNO3. The van der Waals surface area contributed by atoms with Crippen molar-refractivity contribution in [3.05, 3.63) is 58.6 Å². The van der Waals surface area contributed by atoms with Crippen molar-refractivity contribution in [1.29, 1.82) is 0 Å². The Morgan fingerprint density at radius 1 is 1.09 bits per heavy atom. The molecule has 4 nitrogen and oxygen atoms in total. The van der Waals surface area contributed by atoms with Crippen molar-refractivity contribution in [3.63, 3.8) is 0 Å². The summed E-state index contributed by atoms with van der Waals surface area (Å²) < 4.78 is 11.3. The van der Waals surface area contributed by atoms with Crippen LogP contribution in [0.15, 0.2) is 53.0 Å². The molecule has 0 spiro atoms. The lowest BCUT2D eigenvalue weighted by atomic mass is 10.2. The highest BCUT2D eigenvalue weighted by Gasteiger charge is 2.05. The number of methoxy groups -OCH3 is 2. The summed E-state index contributed by atoms with van der Waals surface area (Å²) in [6, 6.07) is 12.9. The van der Waals surface area contributed by atoms with Gasteiger partial charge in [-0.05, 0) is 35.9 Å². The summed E-state index contributed by atoms with van der Waals surface area (Å²) in [5.41, 5.74) is 1.58. The number of carbonyl (C=O) groups excluding carboxylic acids is 1. The van der Waals surface area contributed by atoms with Gasteiger partial charge in [-0.3, -0.25) is 4.79 Å². The second-order valence-corrected chi connectivity index (χ2v) is 5.36. The summed E-state index contributed by atoms with van der Waals surface area (Å²) in [4.78, 5) is 11.9. The maximum Gasteiger partial charge on any atom is 0.248 e. The minimum atomic E-state index is -0.216. The Kier molecular flexibility index (Phi) is 5.61. The van der Waals surface area contributed by atoms with Gasteiger partial charge in [0, 0.05) is 22.3 Å². The minimum Gasteiger partial charge on any atom is -0.493 e. The van der Waals surface area contributed by atoms with E-state index in [0.29, 0.717) is 17.2 Å². The van der Waals surface area contributed by atoms with Crippen LogP contribution in [0.5, 0.6) is 11.5 Å². The predicted molar refractivity (Wildman–Crippen MR) is 91.4 cm³/mol. The number of hydrogen-bond acceptors (Lipinski definition) is 3. The Labute approximate surface area is 137 Å². The fraction of sp³-hybridized carbons (Fsp3) is 0.118. The summed E-state index contributed by atoms with van der Waals surface area (Å²) in [6.07, 6.45) is 3.24. The van der Waals surface area contributed by atoms with Crippen LogP contribution in [0.1, 0.15) is 5.56 Å². The zero-order valence-electron chi connectivity index (χ0n) is 12.3. The fourth-order valence-electron chi connectivity index (χ4n) is 1.88. The van der Waals surface area contributed by atoms with E-state index in [1.807, 2.05) is 24.3 Å². The van der Waals surface area contributed by atoms with E-state index in [9.17, 15) is 4.79 Å². The van der Waals surface area contributed by atoms with Crippen molar-refractivity contribution >= 4 is 33.6 Å². The third-order valence-corrected chi connectivity index (χ3v) is 3.42. The van der Waals surface area contributed by atoms with Crippen molar-refractivity contribution in [2.24, 2.45) is 0 Å². The molecule has 1 N–H and O–H groups in total. The molecule has 1 amide bonds. The highest BCUT2D eigenvalue weighted by molar-refractivity contribution is 9.10. The standard InChI is InChI=1S/C17H16BrNO3/c1-21-15-8-7-14(11-16(15)22-2)19-17(20)9-6-12-4-3-5-13(18)10-12/h3-11H,1-2H3,(H,19,20)/b9-6+. The van der Waals surface area contributed by atoms with E-state index in [1.165, 1.54) is 6.08 Å². The molecule has 2 aromatic carbocycles. The van der Waals surface area contributed by atoms with Gasteiger partial charge in [-0.25, -0.2) is 0 Å². The van der Waals surface area contributed by atoms with E-state index in [2.05, 4.69) is 21.2 Å². The lowest BCUT2D eigenvalue weighted by Gasteiger charge is -2.09. The number of amides is 1. The molecule has 0 aliphatic heterocycles. The zero-order chi connectivity index (χ0) is 15.9. The van der Waals surface area contributed by atoms with Crippen LogP contribution in [0.4, 0.5) is 5.69 Å². The number of benzene rings is 2. The smallest absolute Gasteiger partial charge is 0.248 e. The summed E-state index contributed by atoms with van der Waals surface area (Å²) in [5.74, 6) is 0.966. The Bertz CT molecular complexity index is 698. The zero-order valence-corrected chi connectivity index (χ0v) is 13.9. The number of ether oxygens (including phenoxy) is 2. The molecule has 0 aliphatic rings. The summed E-state index contributed by atoms with van der Waals surface area (Å²) in [5, 5.41) is 2.78. The van der Waals surface area contributed by atoms with Crippen molar-refractivity contribution in [2.45, 2.75) is 0 Å². The van der Waals surface area contributed by atoms with Crippen LogP contribution in [0, 0.1) is 0 Å². The molecule has 114 valence electrons. The van der Waals surface area contributed by atoms with Gasteiger partial charge in [0.25, 0.3) is 0 Å². The van der Waals surface area contributed by atoms with Crippen molar-refractivity contribution in [2.75, 3.05) is 19.5 Å². The van der Waals surface area contributed by atoms with Gasteiger partial charge in [-0.2, -0.15) is 0 Å². The molecule has 0 bridgehead atoms. The van der Waals surface area contributed by atoms with Crippen LogP contribution in [0.3, 0.4) is 0 Å². The quantitative estimate of drug-likeness (QED) is 0.814. The van der Waals surface area contributed by atoms with Gasteiger partial charge in [0.2, 0.25) is 5.91 Å². The highest BCUT2D eigenvalue weighted by atomic mass is 79.9. The van der Waals surface area contributed by atoms with Gasteiger partial charge in [0.05, 0.1) is 14.2 Å². The highest BCUT2D eigenvalue weighted by Crippen LogP contribution is 2.29. The fourth-order valence-corrected chi connectivity index (χ4v) is 2.30. The molecule has 0 aromatic heterocycles. The van der Waals surface area contributed by atoms with Crippen LogP contribution >= 0.6 is 15.9 Å². The van der Waals surface area contributed by atoms with Gasteiger partial charge < -0.3 is 14.8 Å². The first-order valence-corrected chi connectivity index (χ1v) is 7.38. The molecule has 0 radical (unpaired) electrons. The molecule has 0 heterocycles. The van der Waals surface area contributed by atoms with Crippen molar-refractivity contribution in [3.8, 4) is 11.5 Å². The van der Waals surface area contributed by atoms with Gasteiger partial charge in [-0.1, -0.05) is 28.1 Å². The van der Waals surface area contributed by atoms with E-state index >= 15 is 0 Å². The van der Waals surface area contributed by atoms with E-state index in [-0.39, 0.29) is 5.91 Å². The van der Waals surface area contributed by atoms with E-state index in [4.69, 9.17) is 9.47 Å².